The second-order valence-corrected chi connectivity index (χ2v) is 8.05. The molecule has 2 aliphatic rings. The number of hydrogen-bond donors (Lipinski definition) is 1. The van der Waals surface area contributed by atoms with E-state index in [0.717, 1.165) is 64.9 Å². The molecule has 2 saturated heterocycles. The van der Waals surface area contributed by atoms with Crippen molar-refractivity contribution in [1.29, 1.82) is 0 Å². The second kappa shape index (κ2) is 13.4. The first-order valence-electron chi connectivity index (χ1n) is 11.0. The molecule has 6 heteroatoms. The first-order valence-corrected chi connectivity index (χ1v) is 11.0. The number of halogens is 1. The van der Waals surface area contributed by atoms with Crippen LogP contribution in [0.4, 0.5) is 0 Å². The highest BCUT2D eigenvalue weighted by Gasteiger charge is 2.30. The zero-order valence-corrected chi connectivity index (χ0v) is 20.3. The van der Waals surface area contributed by atoms with Crippen LogP contribution in [0.25, 0.3) is 0 Å². The van der Waals surface area contributed by atoms with Crippen LogP contribution in [0.3, 0.4) is 0 Å². The predicted octanol–water partition coefficient (Wildman–Crippen LogP) is 4.14. The molecule has 1 aromatic rings. The number of likely N-dealkylation sites (tertiary alicyclic amines) is 1. The van der Waals surface area contributed by atoms with E-state index < -0.39 is 0 Å². The zero-order chi connectivity index (χ0) is 19.6. The Morgan fingerprint density at radius 2 is 2.10 bits per heavy atom. The second-order valence-electron chi connectivity index (χ2n) is 8.05. The molecule has 1 N–H and O–H groups in total. The van der Waals surface area contributed by atoms with Crippen LogP contribution in [0.15, 0.2) is 35.3 Å². The number of benzene rings is 1. The van der Waals surface area contributed by atoms with Crippen molar-refractivity contribution in [2.45, 2.75) is 38.5 Å². The first-order chi connectivity index (χ1) is 13.8. The molecule has 0 saturated carbocycles. The number of guanidine groups is 1. The number of aliphatic imine (C=N–C) groups is 1. The van der Waals surface area contributed by atoms with Gasteiger partial charge in [-0.15, -0.1) is 24.0 Å². The molecule has 164 valence electrons. The van der Waals surface area contributed by atoms with Gasteiger partial charge in [-0.25, -0.2) is 0 Å². The van der Waals surface area contributed by atoms with Crippen molar-refractivity contribution in [2.24, 2.45) is 16.8 Å². The highest BCUT2D eigenvalue weighted by atomic mass is 127. The fourth-order valence-corrected chi connectivity index (χ4v) is 4.45. The van der Waals surface area contributed by atoms with Gasteiger partial charge in [0.25, 0.3) is 0 Å². The minimum atomic E-state index is 0. The van der Waals surface area contributed by atoms with Gasteiger partial charge in [0.1, 0.15) is 0 Å². The minimum absolute atomic E-state index is 0. The molecular formula is C23H38IN3O2. The molecule has 0 spiro atoms. The van der Waals surface area contributed by atoms with E-state index in [-0.39, 0.29) is 24.0 Å². The van der Waals surface area contributed by atoms with Crippen molar-refractivity contribution >= 4 is 29.9 Å². The van der Waals surface area contributed by atoms with Crippen molar-refractivity contribution in [3.05, 3.63) is 35.9 Å². The van der Waals surface area contributed by atoms with E-state index in [4.69, 9.17) is 9.47 Å². The Bertz CT molecular complexity index is 593. The molecular weight excluding hydrogens is 477 g/mol. The van der Waals surface area contributed by atoms with Crippen LogP contribution in [0.5, 0.6) is 0 Å². The summed E-state index contributed by atoms with van der Waals surface area (Å²) in [5.74, 6) is 2.96. The maximum atomic E-state index is 5.80. The molecule has 29 heavy (non-hydrogen) atoms. The van der Waals surface area contributed by atoms with Crippen molar-refractivity contribution in [2.75, 3.05) is 53.1 Å². The van der Waals surface area contributed by atoms with Crippen LogP contribution >= 0.6 is 24.0 Å². The molecule has 0 amide bonds. The van der Waals surface area contributed by atoms with Crippen LogP contribution in [0.1, 0.15) is 44.1 Å². The monoisotopic (exact) mass is 515 g/mol. The van der Waals surface area contributed by atoms with E-state index in [1.165, 1.54) is 18.4 Å². The number of nitrogens with one attached hydrogen (secondary N) is 1. The molecule has 1 aromatic carbocycles. The standard InChI is InChI=1S/C23H37N3O2.HI/c1-3-20-16-26(13-10-22(20)21-8-5-4-6-9-21)23(24-2)25-12-7-14-27-17-19-11-15-28-18-19;/h4-6,8-9,19-20,22H,3,7,10-18H2,1-2H3,(H,24,25);1H. The number of hydrogen-bond acceptors (Lipinski definition) is 3. The highest BCUT2D eigenvalue weighted by Crippen LogP contribution is 2.34. The lowest BCUT2D eigenvalue weighted by Gasteiger charge is -2.40. The molecule has 3 atom stereocenters. The Labute approximate surface area is 193 Å². The average Bonchev–Trinajstić information content (AvgIpc) is 3.27. The number of nitrogens with zero attached hydrogens (tertiary/aromatic N) is 2. The van der Waals surface area contributed by atoms with Gasteiger partial charge in [0.15, 0.2) is 5.96 Å². The molecule has 3 rings (SSSR count). The van der Waals surface area contributed by atoms with E-state index in [9.17, 15) is 0 Å². The molecule has 0 radical (unpaired) electrons. The fraction of sp³-hybridized carbons (Fsp3) is 0.696. The average molecular weight is 515 g/mol. The topological polar surface area (TPSA) is 46.1 Å². The lowest BCUT2D eigenvalue weighted by molar-refractivity contribution is 0.0886. The van der Waals surface area contributed by atoms with Crippen molar-refractivity contribution < 1.29 is 9.47 Å². The quantitative estimate of drug-likeness (QED) is 0.245. The van der Waals surface area contributed by atoms with Gasteiger partial charge in [-0.2, -0.15) is 0 Å². The minimum Gasteiger partial charge on any atom is -0.381 e. The molecule has 0 aliphatic carbocycles. The molecule has 3 unspecified atom stereocenters. The summed E-state index contributed by atoms with van der Waals surface area (Å²) in [4.78, 5) is 6.97. The molecule has 2 fully saturated rings. The number of ether oxygens (including phenoxy) is 2. The van der Waals surface area contributed by atoms with E-state index in [2.05, 4.69) is 52.5 Å². The summed E-state index contributed by atoms with van der Waals surface area (Å²) >= 11 is 0. The van der Waals surface area contributed by atoms with Crippen LogP contribution in [0, 0.1) is 11.8 Å². The summed E-state index contributed by atoms with van der Waals surface area (Å²) in [6.07, 6.45) is 4.54. The van der Waals surface area contributed by atoms with Gasteiger partial charge in [0.2, 0.25) is 0 Å². The molecule has 2 heterocycles. The maximum Gasteiger partial charge on any atom is 0.193 e. The molecule has 0 bridgehead atoms. The van der Waals surface area contributed by atoms with Crippen molar-refractivity contribution in [1.82, 2.24) is 10.2 Å². The summed E-state index contributed by atoms with van der Waals surface area (Å²) in [6, 6.07) is 11.0. The molecule has 2 aliphatic heterocycles. The van der Waals surface area contributed by atoms with E-state index in [0.29, 0.717) is 17.8 Å². The summed E-state index contributed by atoms with van der Waals surface area (Å²) in [6.45, 7) is 8.75. The van der Waals surface area contributed by atoms with Gasteiger partial charge in [0.05, 0.1) is 13.2 Å². The van der Waals surface area contributed by atoms with Crippen LogP contribution in [0.2, 0.25) is 0 Å². The van der Waals surface area contributed by atoms with Gasteiger partial charge in [-0.05, 0) is 36.7 Å². The molecule has 0 aromatic heterocycles. The fourth-order valence-electron chi connectivity index (χ4n) is 4.45. The largest absolute Gasteiger partial charge is 0.381 e. The normalized spacial score (nSPS) is 25.0. The van der Waals surface area contributed by atoms with Crippen molar-refractivity contribution in [3.8, 4) is 0 Å². The lowest BCUT2D eigenvalue weighted by atomic mass is 9.79. The van der Waals surface area contributed by atoms with E-state index in [1.54, 1.807) is 0 Å². The van der Waals surface area contributed by atoms with Gasteiger partial charge in [-0.1, -0.05) is 43.7 Å². The lowest BCUT2D eigenvalue weighted by Crippen LogP contribution is -2.48. The van der Waals surface area contributed by atoms with Gasteiger partial charge >= 0.3 is 0 Å². The van der Waals surface area contributed by atoms with Crippen molar-refractivity contribution in [3.63, 3.8) is 0 Å². The third kappa shape index (κ3) is 7.40. The van der Waals surface area contributed by atoms with E-state index in [1.807, 2.05) is 7.05 Å². The Hall–Kier alpha value is -0.860. The number of piperidine rings is 1. The van der Waals surface area contributed by atoms with Gasteiger partial charge < -0.3 is 19.7 Å². The Kier molecular flexibility index (Phi) is 11.3. The highest BCUT2D eigenvalue weighted by molar-refractivity contribution is 14.0. The zero-order valence-electron chi connectivity index (χ0n) is 18.0. The Morgan fingerprint density at radius 3 is 2.79 bits per heavy atom. The first kappa shape index (κ1) is 24.4. The Balaban J connectivity index is 0.00000300. The maximum absolute atomic E-state index is 5.80. The SMILES string of the molecule is CCC1CN(C(=NC)NCCCOCC2CCOC2)CCC1c1ccccc1.I. The van der Waals surface area contributed by atoms with Crippen LogP contribution in [-0.4, -0.2) is 64.0 Å². The van der Waals surface area contributed by atoms with Crippen LogP contribution in [-0.2, 0) is 9.47 Å². The smallest absolute Gasteiger partial charge is 0.193 e. The Morgan fingerprint density at radius 1 is 1.28 bits per heavy atom. The van der Waals surface area contributed by atoms with Crippen LogP contribution < -0.4 is 5.32 Å². The summed E-state index contributed by atoms with van der Waals surface area (Å²) in [5.41, 5.74) is 1.49. The third-order valence-electron chi connectivity index (χ3n) is 6.12. The van der Waals surface area contributed by atoms with E-state index >= 15 is 0 Å². The molecule has 5 nitrogen and oxygen atoms in total. The third-order valence-corrected chi connectivity index (χ3v) is 6.12. The summed E-state index contributed by atoms with van der Waals surface area (Å²) in [7, 11) is 1.89. The predicted molar refractivity (Wildman–Crippen MR) is 130 cm³/mol. The number of rotatable bonds is 8. The summed E-state index contributed by atoms with van der Waals surface area (Å²) < 4.78 is 11.2. The van der Waals surface area contributed by atoms with Gasteiger partial charge in [-0.3, -0.25) is 4.99 Å². The van der Waals surface area contributed by atoms with Gasteiger partial charge in [0, 0.05) is 45.8 Å². The summed E-state index contributed by atoms with van der Waals surface area (Å²) in [5, 5.41) is 3.54.